The molecule has 0 aliphatic rings. The minimum atomic E-state index is -0.407. The third-order valence-corrected chi connectivity index (χ3v) is 3.39. The van der Waals surface area contributed by atoms with E-state index in [-0.39, 0.29) is 22.6 Å². The number of carbonyl (C=O) groups is 1. The summed E-state index contributed by atoms with van der Waals surface area (Å²) in [6.07, 6.45) is 1.50. The van der Waals surface area contributed by atoms with Gasteiger partial charge in [0.05, 0.1) is 5.39 Å². The molecule has 0 atom stereocenters. The zero-order chi connectivity index (χ0) is 15.5. The molecular formula is C17H14N2O3. The summed E-state index contributed by atoms with van der Waals surface area (Å²) in [5.41, 5.74) is 1.05. The highest BCUT2D eigenvalue weighted by Crippen LogP contribution is 2.34. The van der Waals surface area contributed by atoms with Gasteiger partial charge in [0.1, 0.15) is 5.69 Å². The Balaban J connectivity index is 1.92. The van der Waals surface area contributed by atoms with E-state index in [0.29, 0.717) is 11.9 Å². The van der Waals surface area contributed by atoms with Gasteiger partial charge in [0.2, 0.25) is 0 Å². The summed E-state index contributed by atoms with van der Waals surface area (Å²) in [5.74, 6) is -1.02. The van der Waals surface area contributed by atoms with E-state index < -0.39 is 5.91 Å². The second-order valence-electron chi connectivity index (χ2n) is 4.86. The number of hydrogen-bond acceptors (Lipinski definition) is 4. The topological polar surface area (TPSA) is 82.5 Å². The molecule has 0 unspecified atom stereocenters. The average Bonchev–Trinajstić information content (AvgIpc) is 2.56. The molecule has 0 radical (unpaired) electrons. The van der Waals surface area contributed by atoms with Crippen LogP contribution in [0, 0.1) is 0 Å². The Bertz CT molecular complexity index is 832. The molecule has 1 aromatic heterocycles. The van der Waals surface area contributed by atoms with Crippen molar-refractivity contribution in [3.05, 3.63) is 66.0 Å². The van der Waals surface area contributed by atoms with E-state index in [0.717, 1.165) is 5.56 Å². The maximum atomic E-state index is 12.3. The van der Waals surface area contributed by atoms with E-state index in [1.807, 2.05) is 30.3 Å². The Kier molecular flexibility index (Phi) is 3.62. The smallest absolute Gasteiger partial charge is 0.270 e. The first-order chi connectivity index (χ1) is 10.7. The molecule has 0 bridgehead atoms. The van der Waals surface area contributed by atoms with Crippen LogP contribution >= 0.6 is 0 Å². The summed E-state index contributed by atoms with van der Waals surface area (Å²) in [7, 11) is 0. The number of hydrogen-bond donors (Lipinski definition) is 3. The fraction of sp³-hybridized carbons (Fsp3) is 0.0588. The molecule has 0 aliphatic carbocycles. The number of nitrogens with one attached hydrogen (secondary N) is 1. The molecule has 3 aromatic rings. The van der Waals surface area contributed by atoms with Crippen LogP contribution in [-0.2, 0) is 6.54 Å². The first-order valence-electron chi connectivity index (χ1n) is 6.78. The summed E-state index contributed by atoms with van der Waals surface area (Å²) in [5, 5.41) is 23.3. The maximum Gasteiger partial charge on any atom is 0.270 e. The summed E-state index contributed by atoms with van der Waals surface area (Å²) < 4.78 is 0. The first kappa shape index (κ1) is 13.9. The molecule has 0 fully saturated rings. The van der Waals surface area contributed by atoms with Crippen LogP contribution in [-0.4, -0.2) is 21.1 Å². The van der Waals surface area contributed by atoms with Crippen molar-refractivity contribution in [3.8, 4) is 11.5 Å². The minimum absolute atomic E-state index is 0.0850. The van der Waals surface area contributed by atoms with Gasteiger partial charge in [-0.15, -0.1) is 0 Å². The molecule has 0 aliphatic heterocycles. The average molecular weight is 294 g/mol. The van der Waals surface area contributed by atoms with Gasteiger partial charge in [-0.2, -0.15) is 0 Å². The quantitative estimate of drug-likeness (QED) is 0.648. The normalized spacial score (nSPS) is 10.5. The van der Waals surface area contributed by atoms with Crippen LogP contribution in [0.2, 0.25) is 0 Å². The summed E-state index contributed by atoms with van der Waals surface area (Å²) in [6.45, 7) is 0.358. The van der Waals surface area contributed by atoms with Crippen molar-refractivity contribution < 1.29 is 15.0 Å². The molecule has 2 aromatic carbocycles. The number of nitrogens with zero attached hydrogens (tertiary/aromatic N) is 1. The summed E-state index contributed by atoms with van der Waals surface area (Å²) in [4.78, 5) is 16.4. The van der Waals surface area contributed by atoms with Gasteiger partial charge in [0.25, 0.3) is 5.91 Å². The lowest BCUT2D eigenvalue weighted by atomic mass is 10.1. The lowest BCUT2D eigenvalue weighted by molar-refractivity contribution is 0.0947. The third-order valence-electron chi connectivity index (χ3n) is 3.39. The van der Waals surface area contributed by atoms with Crippen LogP contribution in [0.4, 0.5) is 0 Å². The Morgan fingerprint density at radius 3 is 2.59 bits per heavy atom. The minimum Gasteiger partial charge on any atom is -0.504 e. The number of phenolic OH excluding ortho intramolecular Hbond substituents is 2. The van der Waals surface area contributed by atoms with Crippen LogP contribution in [0.3, 0.4) is 0 Å². The molecule has 22 heavy (non-hydrogen) atoms. The SMILES string of the molecule is O=C(NCc1ccccc1)c1nccc2ccc(O)c(O)c12. The molecule has 0 saturated carbocycles. The van der Waals surface area contributed by atoms with Crippen molar-refractivity contribution in [2.45, 2.75) is 6.54 Å². The van der Waals surface area contributed by atoms with Crippen molar-refractivity contribution in [2.24, 2.45) is 0 Å². The molecular weight excluding hydrogens is 280 g/mol. The van der Waals surface area contributed by atoms with Crippen LogP contribution in [0.1, 0.15) is 16.1 Å². The van der Waals surface area contributed by atoms with Crippen LogP contribution in [0.25, 0.3) is 10.8 Å². The van der Waals surface area contributed by atoms with E-state index in [2.05, 4.69) is 10.3 Å². The van der Waals surface area contributed by atoms with E-state index in [1.54, 1.807) is 12.1 Å². The van der Waals surface area contributed by atoms with Gasteiger partial charge in [-0.1, -0.05) is 36.4 Å². The number of amides is 1. The second-order valence-corrected chi connectivity index (χ2v) is 4.86. The number of rotatable bonds is 3. The number of phenols is 2. The predicted octanol–water partition coefficient (Wildman–Crippen LogP) is 2.58. The molecule has 5 heteroatoms. The largest absolute Gasteiger partial charge is 0.504 e. The van der Waals surface area contributed by atoms with E-state index in [1.165, 1.54) is 12.3 Å². The Hall–Kier alpha value is -3.08. The van der Waals surface area contributed by atoms with Gasteiger partial charge in [-0.3, -0.25) is 9.78 Å². The van der Waals surface area contributed by atoms with Gasteiger partial charge in [0, 0.05) is 12.7 Å². The number of pyridine rings is 1. The highest BCUT2D eigenvalue weighted by Gasteiger charge is 2.16. The number of carbonyl (C=O) groups excluding carboxylic acids is 1. The third kappa shape index (κ3) is 2.56. The zero-order valence-corrected chi connectivity index (χ0v) is 11.7. The Labute approximate surface area is 126 Å². The van der Waals surface area contributed by atoms with Gasteiger partial charge >= 0.3 is 0 Å². The number of fused-ring (bicyclic) bond motifs is 1. The van der Waals surface area contributed by atoms with Crippen molar-refractivity contribution in [1.29, 1.82) is 0 Å². The van der Waals surface area contributed by atoms with Gasteiger partial charge in [-0.05, 0) is 23.1 Å². The molecule has 0 saturated heterocycles. The molecule has 1 heterocycles. The highest BCUT2D eigenvalue weighted by molar-refractivity contribution is 6.08. The number of aromatic hydroxyl groups is 2. The number of aromatic nitrogens is 1. The van der Waals surface area contributed by atoms with Crippen LogP contribution < -0.4 is 5.32 Å². The van der Waals surface area contributed by atoms with Crippen molar-refractivity contribution in [2.75, 3.05) is 0 Å². The fourth-order valence-electron chi connectivity index (χ4n) is 2.27. The molecule has 1 amide bonds. The monoisotopic (exact) mass is 294 g/mol. The van der Waals surface area contributed by atoms with Crippen molar-refractivity contribution in [3.63, 3.8) is 0 Å². The first-order valence-corrected chi connectivity index (χ1v) is 6.78. The van der Waals surface area contributed by atoms with E-state index >= 15 is 0 Å². The molecule has 5 nitrogen and oxygen atoms in total. The zero-order valence-electron chi connectivity index (χ0n) is 11.7. The Morgan fingerprint density at radius 2 is 1.82 bits per heavy atom. The van der Waals surface area contributed by atoms with Gasteiger partial charge in [-0.25, -0.2) is 0 Å². The second kappa shape index (κ2) is 5.73. The Morgan fingerprint density at radius 1 is 1.05 bits per heavy atom. The van der Waals surface area contributed by atoms with Crippen molar-refractivity contribution >= 4 is 16.7 Å². The standard InChI is InChI=1S/C17H14N2O3/c20-13-7-6-12-8-9-18-15(14(12)16(13)21)17(22)19-10-11-4-2-1-3-5-11/h1-9,20-21H,10H2,(H,19,22). The van der Waals surface area contributed by atoms with Crippen LogP contribution in [0.15, 0.2) is 54.7 Å². The number of benzene rings is 2. The van der Waals surface area contributed by atoms with Gasteiger partial charge < -0.3 is 15.5 Å². The molecule has 110 valence electrons. The molecule has 3 rings (SSSR count). The van der Waals surface area contributed by atoms with Crippen LogP contribution in [0.5, 0.6) is 11.5 Å². The highest BCUT2D eigenvalue weighted by atomic mass is 16.3. The van der Waals surface area contributed by atoms with Gasteiger partial charge in [0.15, 0.2) is 11.5 Å². The maximum absolute atomic E-state index is 12.3. The predicted molar refractivity (Wildman–Crippen MR) is 82.7 cm³/mol. The summed E-state index contributed by atoms with van der Waals surface area (Å²) >= 11 is 0. The lowest BCUT2D eigenvalue weighted by Gasteiger charge is -2.09. The molecule has 0 spiro atoms. The van der Waals surface area contributed by atoms with Crippen molar-refractivity contribution in [1.82, 2.24) is 10.3 Å². The summed E-state index contributed by atoms with van der Waals surface area (Å²) in [6, 6.07) is 14.2. The fourth-order valence-corrected chi connectivity index (χ4v) is 2.27. The lowest BCUT2D eigenvalue weighted by Crippen LogP contribution is -2.24. The molecule has 3 N–H and O–H groups in total. The van der Waals surface area contributed by atoms with E-state index in [9.17, 15) is 15.0 Å². The van der Waals surface area contributed by atoms with E-state index in [4.69, 9.17) is 0 Å².